The van der Waals surface area contributed by atoms with Crippen LogP contribution >= 0.6 is 11.6 Å². The zero-order chi connectivity index (χ0) is 49.3. The van der Waals surface area contributed by atoms with E-state index in [4.69, 9.17) is 25.8 Å². The van der Waals surface area contributed by atoms with Gasteiger partial charge in [-0.3, -0.25) is 24.4 Å². The van der Waals surface area contributed by atoms with Crippen LogP contribution < -0.4 is 13.8 Å². The van der Waals surface area contributed by atoms with Gasteiger partial charge in [0.05, 0.1) is 22.4 Å². The van der Waals surface area contributed by atoms with Gasteiger partial charge in [0.25, 0.3) is 17.2 Å². The van der Waals surface area contributed by atoms with E-state index in [1.54, 1.807) is 45.2 Å². The van der Waals surface area contributed by atoms with Gasteiger partial charge in [0.1, 0.15) is 35.0 Å². The first kappa shape index (κ1) is 49.3. The van der Waals surface area contributed by atoms with E-state index in [0.29, 0.717) is 33.7 Å². The van der Waals surface area contributed by atoms with E-state index in [1.807, 2.05) is 18.2 Å². The monoisotopic (exact) mass is 982 g/mol. The van der Waals surface area contributed by atoms with E-state index in [2.05, 4.69) is 46.9 Å². The van der Waals surface area contributed by atoms with Crippen LogP contribution in [0.3, 0.4) is 0 Å². The highest BCUT2D eigenvalue weighted by molar-refractivity contribution is 7.81. The molecule has 1 aliphatic carbocycles. The summed E-state index contributed by atoms with van der Waals surface area (Å²) in [5.41, 5.74) is 2.95. The Morgan fingerprint density at radius 1 is 0.986 bits per heavy atom. The fraction of sp³-hybridized carbons (Fsp3) is 0.392. The molecule has 1 fully saturated rings. The van der Waals surface area contributed by atoms with E-state index in [1.165, 1.54) is 39.9 Å². The number of rotatable bonds is 13. The van der Waals surface area contributed by atoms with Gasteiger partial charge in [-0.2, -0.15) is 0 Å². The molecule has 18 heteroatoms. The number of nitro groups is 1. The van der Waals surface area contributed by atoms with E-state index in [9.17, 15) is 28.5 Å². The Bertz CT molecular complexity index is 2850. The van der Waals surface area contributed by atoms with Crippen molar-refractivity contribution < 1.29 is 41.9 Å². The second-order valence-electron chi connectivity index (χ2n) is 19.7. The largest absolute Gasteiger partial charge is 0.483 e. The van der Waals surface area contributed by atoms with Crippen molar-refractivity contribution in [2.24, 2.45) is 5.41 Å². The molecule has 4 heterocycles. The first-order valence-corrected chi connectivity index (χ1v) is 24.3. The molecule has 364 valence electrons. The van der Waals surface area contributed by atoms with E-state index in [-0.39, 0.29) is 54.1 Å². The maximum absolute atomic E-state index is 15.9. The van der Waals surface area contributed by atoms with Crippen LogP contribution in [-0.4, -0.2) is 96.1 Å². The summed E-state index contributed by atoms with van der Waals surface area (Å²) in [6, 6.07) is 19.9. The fourth-order valence-corrected chi connectivity index (χ4v) is 9.65. The second-order valence-corrected chi connectivity index (χ2v) is 21.0. The van der Waals surface area contributed by atoms with Crippen molar-refractivity contribution in [3.63, 3.8) is 0 Å². The predicted molar refractivity (Wildman–Crippen MR) is 265 cm³/mol. The van der Waals surface area contributed by atoms with Gasteiger partial charge in [-0.1, -0.05) is 55.3 Å². The summed E-state index contributed by atoms with van der Waals surface area (Å²) in [7, 11) is 0. The van der Waals surface area contributed by atoms with E-state index >= 15 is 4.39 Å². The highest BCUT2D eigenvalue weighted by Crippen LogP contribution is 2.44. The molecule has 0 spiro atoms. The Balaban J connectivity index is 1.03. The van der Waals surface area contributed by atoms with Crippen molar-refractivity contribution in [2.75, 3.05) is 43.6 Å². The summed E-state index contributed by atoms with van der Waals surface area (Å²) in [6.45, 7) is 11.7. The van der Waals surface area contributed by atoms with Crippen LogP contribution in [0.1, 0.15) is 94.6 Å². The number of aromatic amines is 1. The highest BCUT2D eigenvalue weighted by Gasteiger charge is 2.39. The topological polar surface area (TPSA) is 181 Å². The minimum atomic E-state index is -3.03. The number of likely N-dealkylation sites (tertiary alicyclic amines) is 1. The van der Waals surface area contributed by atoms with Crippen LogP contribution in [0.25, 0.3) is 22.2 Å². The van der Waals surface area contributed by atoms with Gasteiger partial charge in [0, 0.05) is 68.2 Å². The van der Waals surface area contributed by atoms with Gasteiger partial charge in [-0.15, -0.1) is 0 Å². The Morgan fingerprint density at radius 2 is 1.72 bits per heavy atom. The SMILES string of the molecule is CC1(C)CCC(CN2CC=C(c3ccc(C(=O)N(c4ccc(OCC5(F)CCN(C(=O)OC(C)(C)C)CC5)c([N+](=O)[O-])c4)S(=O)O)c(Oc4cnc5[nH]ccc5c4)c3)CC2)=C(c2ccc(Cl)cc2)C1. The van der Waals surface area contributed by atoms with Crippen LogP contribution in [0.2, 0.25) is 5.02 Å². The van der Waals surface area contributed by atoms with Crippen molar-refractivity contribution in [3.05, 3.63) is 129 Å². The zero-order valence-electron chi connectivity index (χ0n) is 39.3. The number of pyridine rings is 1. The Hall–Kier alpha value is -6.14. The number of alkyl halides is 1. The number of benzene rings is 3. The third-order valence-electron chi connectivity index (χ3n) is 12.8. The number of piperidine rings is 1. The van der Waals surface area contributed by atoms with Crippen LogP contribution in [0.5, 0.6) is 17.2 Å². The molecular weight excluding hydrogens is 927 g/mol. The number of carbonyl (C=O) groups is 2. The minimum absolute atomic E-state index is 0.0554. The molecule has 3 aromatic carbocycles. The number of hydrogen-bond donors (Lipinski definition) is 2. The lowest BCUT2D eigenvalue weighted by atomic mass is 9.72. The first-order chi connectivity index (χ1) is 32.7. The van der Waals surface area contributed by atoms with Gasteiger partial charge in [-0.25, -0.2) is 22.7 Å². The molecule has 2 aromatic heterocycles. The standard InChI is InChI=1S/C51H56ClFN6O9S/c1-49(2,3)68-48(61)57-24-19-51(53,20-25-57)32-66-44-13-11-39(28-43(44)59(62)63)58(69(64)65)47(60)41-12-8-35(27-45(41)67-40-26-36-15-21-54-46(36)55-30-40)33-16-22-56(23-17-33)31-37-14-18-50(4,5)29-42(37)34-6-9-38(52)10-7-34/h6-13,15-16,21,26-28,30H,14,17-20,22-25,29,31-32H2,1-5H3,(H,54,55)(H,64,65). The van der Waals surface area contributed by atoms with E-state index < -0.39 is 51.8 Å². The Labute approximate surface area is 407 Å². The number of allylic oxidation sites excluding steroid dienone is 1. The number of H-pyrrole nitrogens is 1. The lowest BCUT2D eigenvalue weighted by molar-refractivity contribution is -0.385. The summed E-state index contributed by atoms with van der Waals surface area (Å²) in [5, 5.41) is 13.9. The second kappa shape index (κ2) is 20.1. The number of nitrogens with zero attached hydrogens (tertiary/aromatic N) is 5. The van der Waals surface area contributed by atoms with Crippen LogP contribution in [0.15, 0.2) is 96.8 Å². The third kappa shape index (κ3) is 11.8. The molecule has 2 aliphatic heterocycles. The van der Waals surface area contributed by atoms with Crippen molar-refractivity contribution >= 4 is 68.4 Å². The summed E-state index contributed by atoms with van der Waals surface area (Å²) in [5.74, 6) is -0.934. The predicted octanol–water partition coefficient (Wildman–Crippen LogP) is 11.6. The number of nitrogens with one attached hydrogen (secondary N) is 1. The maximum atomic E-state index is 15.9. The van der Waals surface area contributed by atoms with Crippen molar-refractivity contribution in [1.29, 1.82) is 0 Å². The maximum Gasteiger partial charge on any atom is 0.410 e. The van der Waals surface area contributed by atoms with Crippen molar-refractivity contribution in [1.82, 2.24) is 19.8 Å². The quantitative estimate of drug-likeness (QED) is 0.0651. The average molecular weight is 984 g/mol. The molecule has 1 atom stereocenters. The number of anilines is 1. The number of hydrogen-bond acceptors (Lipinski definition) is 10. The molecule has 1 saturated heterocycles. The summed E-state index contributed by atoms with van der Waals surface area (Å²) in [4.78, 5) is 50.0. The Morgan fingerprint density at radius 3 is 2.41 bits per heavy atom. The summed E-state index contributed by atoms with van der Waals surface area (Å²) < 4.78 is 57.6. The molecule has 0 saturated carbocycles. The van der Waals surface area contributed by atoms with Gasteiger partial charge < -0.3 is 24.1 Å². The molecule has 15 nitrogen and oxygen atoms in total. The van der Waals surface area contributed by atoms with Gasteiger partial charge in [0.2, 0.25) is 0 Å². The van der Waals surface area contributed by atoms with E-state index in [0.717, 1.165) is 61.0 Å². The third-order valence-corrected chi connectivity index (χ3v) is 13.7. The highest BCUT2D eigenvalue weighted by atomic mass is 35.5. The normalized spacial score (nSPS) is 17.8. The van der Waals surface area contributed by atoms with Gasteiger partial charge in [0.15, 0.2) is 5.75 Å². The molecule has 8 rings (SSSR count). The number of carbonyl (C=O) groups excluding carboxylic acids is 2. The molecular formula is C51H56ClFN6O9S. The van der Waals surface area contributed by atoms with Crippen molar-refractivity contribution in [3.8, 4) is 17.2 Å². The van der Waals surface area contributed by atoms with Crippen molar-refractivity contribution in [2.45, 2.75) is 84.4 Å². The number of amides is 2. The Kier molecular flexibility index (Phi) is 14.3. The lowest BCUT2D eigenvalue weighted by Gasteiger charge is -2.36. The summed E-state index contributed by atoms with van der Waals surface area (Å²) >= 11 is 3.22. The fourth-order valence-electron chi connectivity index (χ4n) is 8.99. The lowest BCUT2D eigenvalue weighted by Crippen LogP contribution is -2.48. The smallest absolute Gasteiger partial charge is 0.410 e. The molecule has 5 aromatic rings. The average Bonchev–Trinajstić information content (AvgIpc) is 3.77. The number of aromatic nitrogens is 2. The zero-order valence-corrected chi connectivity index (χ0v) is 40.8. The number of fused-ring (bicyclic) bond motifs is 1. The molecule has 3 aliphatic rings. The van der Waals surface area contributed by atoms with Gasteiger partial charge in [-0.05, 0) is 123 Å². The van der Waals surface area contributed by atoms with Gasteiger partial charge >= 0.3 is 11.8 Å². The molecule has 2 N–H and O–H groups in total. The molecule has 69 heavy (non-hydrogen) atoms. The molecule has 2 amide bonds. The number of nitro benzene ring substituents is 1. The van der Waals surface area contributed by atoms with Crippen LogP contribution in [0, 0.1) is 15.5 Å². The minimum Gasteiger partial charge on any atom is -0.483 e. The molecule has 0 bridgehead atoms. The van der Waals surface area contributed by atoms with Crippen LogP contribution in [0.4, 0.5) is 20.6 Å². The number of halogens is 2. The van der Waals surface area contributed by atoms with Crippen LogP contribution in [-0.2, 0) is 16.0 Å². The summed E-state index contributed by atoms with van der Waals surface area (Å²) in [6.07, 6.45) is 8.45. The molecule has 1 unspecified atom stereocenters. The first-order valence-electron chi connectivity index (χ1n) is 22.9. The number of ether oxygens (including phenoxy) is 3. The molecule has 0 radical (unpaired) electrons.